The number of urea groups is 1. The maximum atomic E-state index is 13.7. The van der Waals surface area contributed by atoms with Crippen LogP contribution in [0.5, 0.6) is 0 Å². The molecule has 3 aromatic rings. The number of piperazine rings is 2. The molecular formula is C31H34N8O2. The molecule has 0 aliphatic carbocycles. The van der Waals surface area contributed by atoms with Gasteiger partial charge in [-0.1, -0.05) is 54.6 Å². The number of benzene rings is 3. The van der Waals surface area contributed by atoms with Crippen LogP contribution in [0.3, 0.4) is 0 Å². The first-order valence-electron chi connectivity index (χ1n) is 13.8. The zero-order valence-electron chi connectivity index (χ0n) is 23.1. The molecule has 3 amide bonds. The molecule has 2 saturated heterocycles. The van der Waals surface area contributed by atoms with E-state index in [-0.39, 0.29) is 18.0 Å². The summed E-state index contributed by atoms with van der Waals surface area (Å²) in [4.78, 5) is 37.1. The van der Waals surface area contributed by atoms with Gasteiger partial charge in [0.25, 0.3) is 5.91 Å². The summed E-state index contributed by atoms with van der Waals surface area (Å²) in [6, 6.07) is 24.1. The molecule has 41 heavy (non-hydrogen) atoms. The minimum Gasteiger partial charge on any atom is -0.338 e. The molecule has 5 rings (SSSR count). The van der Waals surface area contributed by atoms with Crippen molar-refractivity contribution >= 4 is 29.3 Å². The van der Waals surface area contributed by atoms with Crippen LogP contribution in [0.1, 0.15) is 27.5 Å². The van der Waals surface area contributed by atoms with E-state index in [4.69, 9.17) is 4.99 Å². The summed E-state index contributed by atoms with van der Waals surface area (Å²) in [5, 5.41) is 18.5. The fourth-order valence-electron chi connectivity index (χ4n) is 5.19. The Labute approximate surface area is 240 Å². The summed E-state index contributed by atoms with van der Waals surface area (Å²) in [7, 11) is 0. The van der Waals surface area contributed by atoms with Crippen LogP contribution in [0.4, 0.5) is 16.2 Å². The molecule has 210 valence electrons. The van der Waals surface area contributed by atoms with Crippen molar-refractivity contribution in [2.75, 3.05) is 51.1 Å². The van der Waals surface area contributed by atoms with Crippen molar-refractivity contribution in [3.05, 3.63) is 95.6 Å². The average Bonchev–Trinajstić information content (AvgIpc) is 3.02. The Morgan fingerprint density at radius 3 is 2.44 bits per heavy atom. The number of carbonyl (C=O) groups is 2. The van der Waals surface area contributed by atoms with Gasteiger partial charge in [0.1, 0.15) is 0 Å². The van der Waals surface area contributed by atoms with Crippen LogP contribution in [-0.2, 0) is 0 Å². The monoisotopic (exact) mass is 550 g/mol. The lowest BCUT2D eigenvalue weighted by Gasteiger charge is -2.42. The number of guanidine groups is 1. The molecule has 10 nitrogen and oxygen atoms in total. The number of aryl methyl sites for hydroxylation is 1. The third-order valence-electron chi connectivity index (χ3n) is 7.40. The van der Waals surface area contributed by atoms with Gasteiger partial charge < -0.3 is 25.3 Å². The van der Waals surface area contributed by atoms with Crippen LogP contribution in [0, 0.1) is 18.4 Å². The van der Waals surface area contributed by atoms with Crippen molar-refractivity contribution in [3.8, 4) is 6.19 Å². The number of rotatable bonds is 4. The Kier molecular flexibility index (Phi) is 8.76. The fourth-order valence-corrected chi connectivity index (χ4v) is 5.19. The van der Waals surface area contributed by atoms with Gasteiger partial charge in [-0.3, -0.25) is 10.1 Å². The van der Waals surface area contributed by atoms with Gasteiger partial charge in [0.2, 0.25) is 5.96 Å². The molecule has 0 bridgehead atoms. The second-order valence-electron chi connectivity index (χ2n) is 10.1. The molecule has 0 radical (unpaired) electrons. The molecule has 0 spiro atoms. The highest BCUT2D eigenvalue weighted by Crippen LogP contribution is 2.28. The normalized spacial score (nSPS) is 17.5. The van der Waals surface area contributed by atoms with Gasteiger partial charge in [0, 0.05) is 57.1 Å². The van der Waals surface area contributed by atoms with Crippen molar-refractivity contribution in [3.63, 3.8) is 0 Å². The number of para-hydroxylation sites is 1. The second-order valence-corrected chi connectivity index (χ2v) is 10.1. The number of nitriles is 1. The van der Waals surface area contributed by atoms with E-state index < -0.39 is 0 Å². The molecule has 2 aliphatic heterocycles. The smallest absolute Gasteiger partial charge is 0.322 e. The minimum atomic E-state index is -0.293. The topological polar surface area (TPSA) is 116 Å². The van der Waals surface area contributed by atoms with Gasteiger partial charge >= 0.3 is 6.03 Å². The first-order valence-corrected chi connectivity index (χ1v) is 13.8. The molecule has 2 heterocycles. The molecule has 0 aromatic heterocycles. The maximum Gasteiger partial charge on any atom is 0.322 e. The van der Waals surface area contributed by atoms with E-state index in [1.807, 2.05) is 77.5 Å². The lowest BCUT2D eigenvalue weighted by molar-refractivity contribution is 0.0735. The Morgan fingerprint density at radius 1 is 0.927 bits per heavy atom. The lowest BCUT2D eigenvalue weighted by atomic mass is 10.0. The number of nitrogens with one attached hydrogen (secondary N) is 3. The number of aliphatic imine (C=N–C) groups is 1. The second kappa shape index (κ2) is 13.0. The highest BCUT2D eigenvalue weighted by Gasteiger charge is 2.33. The summed E-state index contributed by atoms with van der Waals surface area (Å²) in [5.41, 5.74) is 3.87. The van der Waals surface area contributed by atoms with E-state index in [0.717, 1.165) is 29.9 Å². The Bertz CT molecular complexity index is 1450. The average molecular weight is 551 g/mol. The summed E-state index contributed by atoms with van der Waals surface area (Å²) >= 11 is 0. The van der Waals surface area contributed by atoms with E-state index in [1.54, 1.807) is 29.2 Å². The fraction of sp³-hybridized carbons (Fsp3) is 0.290. The quantitative estimate of drug-likeness (QED) is 0.198. The minimum absolute atomic E-state index is 0.0381. The molecule has 0 saturated carbocycles. The van der Waals surface area contributed by atoms with E-state index in [2.05, 4.69) is 16.0 Å². The number of hydrogen-bond acceptors (Lipinski definition) is 5. The zero-order chi connectivity index (χ0) is 28.6. The van der Waals surface area contributed by atoms with Crippen LogP contribution in [0.15, 0.2) is 83.9 Å². The molecule has 3 N–H and O–H groups in total. The van der Waals surface area contributed by atoms with Crippen LogP contribution in [0.2, 0.25) is 0 Å². The summed E-state index contributed by atoms with van der Waals surface area (Å²) in [6.45, 7) is 6.18. The van der Waals surface area contributed by atoms with Crippen molar-refractivity contribution in [1.82, 2.24) is 25.3 Å². The van der Waals surface area contributed by atoms with E-state index in [9.17, 15) is 14.9 Å². The van der Waals surface area contributed by atoms with Gasteiger partial charge in [-0.05, 0) is 42.3 Å². The number of carbonyl (C=O) groups excluding carboxylic acids is 2. The van der Waals surface area contributed by atoms with Gasteiger partial charge in [-0.2, -0.15) is 5.26 Å². The van der Waals surface area contributed by atoms with Gasteiger partial charge in [0.05, 0.1) is 11.7 Å². The van der Waals surface area contributed by atoms with Crippen molar-refractivity contribution in [2.45, 2.75) is 13.0 Å². The van der Waals surface area contributed by atoms with Gasteiger partial charge in [-0.15, -0.1) is 0 Å². The first-order chi connectivity index (χ1) is 20.0. The largest absolute Gasteiger partial charge is 0.338 e. The molecule has 10 heteroatoms. The summed E-state index contributed by atoms with van der Waals surface area (Å²) in [6.07, 6.45) is 2.01. The predicted molar refractivity (Wildman–Crippen MR) is 159 cm³/mol. The van der Waals surface area contributed by atoms with Crippen LogP contribution in [-0.4, -0.2) is 78.4 Å². The van der Waals surface area contributed by atoms with Crippen molar-refractivity contribution in [1.29, 1.82) is 5.26 Å². The van der Waals surface area contributed by atoms with Crippen LogP contribution < -0.4 is 16.0 Å². The SMILES string of the molecule is Cc1ccccc1N=C(NC#N)N1CCN(C(=O)Nc2cccc(C(=O)N3CCNCC3)c2)C(c2ccccc2)C1. The standard InChI is InChI=1S/C31H34N8O2/c1-23-8-5-6-13-27(23)36-30(34-22-32)38-18-19-39(28(21-38)24-9-3-2-4-10-24)31(41)35-26-12-7-11-25(20-26)29(40)37-16-14-33-15-17-37/h2-13,20,28,33H,14-19,21H2,1H3,(H,34,36)(H,35,41). The van der Waals surface area contributed by atoms with Gasteiger partial charge in [-0.25, -0.2) is 9.79 Å². The number of hydrogen-bond donors (Lipinski definition) is 3. The highest BCUT2D eigenvalue weighted by molar-refractivity contribution is 5.97. The molecular weight excluding hydrogens is 516 g/mol. The number of amides is 3. The Hall–Kier alpha value is -4.88. The lowest BCUT2D eigenvalue weighted by Crippen LogP contribution is -2.55. The molecule has 1 atom stereocenters. The summed E-state index contributed by atoms with van der Waals surface area (Å²) in [5.74, 6) is 0.408. The number of anilines is 1. The predicted octanol–water partition coefficient (Wildman–Crippen LogP) is 3.69. The zero-order valence-corrected chi connectivity index (χ0v) is 23.1. The van der Waals surface area contributed by atoms with Crippen LogP contribution in [0.25, 0.3) is 0 Å². The Balaban J connectivity index is 1.36. The number of nitrogens with zero attached hydrogens (tertiary/aromatic N) is 5. The summed E-state index contributed by atoms with van der Waals surface area (Å²) < 4.78 is 0. The Morgan fingerprint density at radius 2 is 1.68 bits per heavy atom. The highest BCUT2D eigenvalue weighted by atomic mass is 16.2. The van der Waals surface area contributed by atoms with Crippen LogP contribution >= 0.6 is 0 Å². The maximum absolute atomic E-state index is 13.7. The molecule has 3 aromatic carbocycles. The van der Waals surface area contributed by atoms with Gasteiger partial charge in [0.15, 0.2) is 6.19 Å². The van der Waals surface area contributed by atoms with Crippen molar-refractivity contribution < 1.29 is 9.59 Å². The third kappa shape index (κ3) is 6.65. The van der Waals surface area contributed by atoms with E-state index >= 15 is 0 Å². The van der Waals surface area contributed by atoms with Crippen molar-refractivity contribution in [2.24, 2.45) is 4.99 Å². The van der Waals surface area contributed by atoms with E-state index in [1.165, 1.54) is 0 Å². The van der Waals surface area contributed by atoms with E-state index in [0.29, 0.717) is 49.9 Å². The molecule has 2 aliphatic rings. The third-order valence-corrected chi connectivity index (χ3v) is 7.40. The molecule has 2 fully saturated rings. The first kappa shape index (κ1) is 27.7. The molecule has 1 unspecified atom stereocenters.